The normalized spacial score (nSPS) is 20.9. The third-order valence-corrected chi connectivity index (χ3v) is 4.73. The minimum atomic E-state index is -0.0297. The Hall–Kier alpha value is -1.99. The van der Waals surface area contributed by atoms with Crippen molar-refractivity contribution >= 4 is 23.3 Å². The Bertz CT molecular complexity index is 655. The van der Waals surface area contributed by atoms with E-state index in [4.69, 9.17) is 16.9 Å². The van der Waals surface area contributed by atoms with E-state index in [9.17, 15) is 4.79 Å². The van der Waals surface area contributed by atoms with Gasteiger partial charge in [0.15, 0.2) is 0 Å². The van der Waals surface area contributed by atoms with E-state index in [1.165, 1.54) is 0 Å². The van der Waals surface area contributed by atoms with Gasteiger partial charge in [-0.15, -0.1) is 0 Å². The number of hydrogen-bond acceptors (Lipinski definition) is 2. The van der Waals surface area contributed by atoms with Gasteiger partial charge in [-0.05, 0) is 37.0 Å². The van der Waals surface area contributed by atoms with Gasteiger partial charge >= 0.3 is 6.03 Å². The summed E-state index contributed by atoms with van der Waals surface area (Å²) in [4.78, 5) is 16.1. The molecule has 0 spiro atoms. The second-order valence-electron chi connectivity index (χ2n) is 5.35. The summed E-state index contributed by atoms with van der Waals surface area (Å²) in [7, 11) is 0. The minimum absolute atomic E-state index is 0.0297. The first kappa shape index (κ1) is 14.0. The molecule has 2 fully saturated rings. The Morgan fingerprint density at radius 2 is 2.29 bits per heavy atom. The molecule has 108 valence electrons. The Morgan fingerprint density at radius 1 is 1.52 bits per heavy atom. The van der Waals surface area contributed by atoms with Gasteiger partial charge < -0.3 is 4.90 Å². The first-order valence-corrected chi connectivity index (χ1v) is 7.49. The van der Waals surface area contributed by atoms with Gasteiger partial charge in [0, 0.05) is 12.2 Å². The van der Waals surface area contributed by atoms with E-state index in [1.54, 1.807) is 17.0 Å². The van der Waals surface area contributed by atoms with Crippen LogP contribution in [0.5, 0.6) is 0 Å². The lowest BCUT2D eigenvalue weighted by atomic mass is 10.0. The summed E-state index contributed by atoms with van der Waals surface area (Å²) < 4.78 is 0. The smallest absolute Gasteiger partial charge is 0.316 e. The lowest BCUT2D eigenvalue weighted by Gasteiger charge is -2.22. The van der Waals surface area contributed by atoms with E-state index >= 15 is 0 Å². The van der Waals surface area contributed by atoms with E-state index in [0.717, 1.165) is 36.3 Å². The first-order valence-electron chi connectivity index (χ1n) is 7.11. The highest BCUT2D eigenvalue weighted by Crippen LogP contribution is 2.40. The maximum Gasteiger partial charge on any atom is 0.329 e. The van der Waals surface area contributed by atoms with Gasteiger partial charge in [0.05, 0.1) is 22.3 Å². The molecule has 1 aromatic rings. The maximum atomic E-state index is 12.6. The number of nitriles is 1. The summed E-state index contributed by atoms with van der Waals surface area (Å²) in [6.45, 7) is 6.86. The fourth-order valence-electron chi connectivity index (χ4n) is 3.24. The summed E-state index contributed by atoms with van der Waals surface area (Å²) in [5.41, 5.74) is 2.83. The van der Waals surface area contributed by atoms with Crippen molar-refractivity contribution in [1.29, 1.82) is 5.26 Å². The van der Waals surface area contributed by atoms with Gasteiger partial charge in [-0.1, -0.05) is 25.1 Å². The number of benzene rings is 1. The van der Waals surface area contributed by atoms with E-state index in [0.29, 0.717) is 17.0 Å². The Labute approximate surface area is 129 Å². The van der Waals surface area contributed by atoms with Crippen molar-refractivity contribution in [2.45, 2.75) is 32.2 Å². The molecular weight excluding hydrogens is 286 g/mol. The van der Waals surface area contributed by atoms with E-state index in [2.05, 4.69) is 12.6 Å². The van der Waals surface area contributed by atoms with Crippen molar-refractivity contribution in [3.05, 3.63) is 40.6 Å². The zero-order valence-electron chi connectivity index (χ0n) is 11.9. The largest absolute Gasteiger partial charge is 0.329 e. The van der Waals surface area contributed by atoms with Crippen molar-refractivity contribution in [1.82, 2.24) is 4.90 Å². The molecule has 1 unspecified atom stereocenters. The summed E-state index contributed by atoms with van der Waals surface area (Å²) >= 11 is 6.30. The molecule has 1 aromatic carbocycles. The zero-order chi connectivity index (χ0) is 15.1. The van der Waals surface area contributed by atoms with Crippen LogP contribution in [0, 0.1) is 11.3 Å². The monoisotopic (exact) mass is 301 g/mol. The van der Waals surface area contributed by atoms with Gasteiger partial charge in [-0.3, -0.25) is 4.90 Å². The summed E-state index contributed by atoms with van der Waals surface area (Å²) in [6, 6.07) is 5.63. The van der Waals surface area contributed by atoms with Crippen molar-refractivity contribution < 1.29 is 4.79 Å². The van der Waals surface area contributed by atoms with Gasteiger partial charge in [0.2, 0.25) is 0 Å². The number of carbonyl (C=O) groups excluding carboxylic acids is 1. The maximum absolute atomic E-state index is 12.6. The van der Waals surface area contributed by atoms with Crippen LogP contribution in [0.1, 0.15) is 30.9 Å². The van der Waals surface area contributed by atoms with Crippen LogP contribution in [0.4, 0.5) is 10.5 Å². The summed E-state index contributed by atoms with van der Waals surface area (Å²) in [6.07, 6.45) is 2.65. The molecule has 2 amide bonds. The number of carbonyl (C=O) groups is 1. The Kier molecular flexibility index (Phi) is 3.38. The van der Waals surface area contributed by atoms with Crippen molar-refractivity contribution in [3.8, 4) is 6.07 Å². The van der Waals surface area contributed by atoms with Crippen LogP contribution in [-0.4, -0.2) is 23.5 Å². The summed E-state index contributed by atoms with van der Waals surface area (Å²) in [5.74, 6) is 0. The molecule has 5 heteroatoms. The highest BCUT2D eigenvalue weighted by atomic mass is 35.5. The lowest BCUT2D eigenvalue weighted by Crippen LogP contribution is -2.32. The molecule has 0 aliphatic carbocycles. The van der Waals surface area contributed by atoms with Crippen LogP contribution in [0.2, 0.25) is 5.02 Å². The van der Waals surface area contributed by atoms with Crippen molar-refractivity contribution in [2.24, 2.45) is 0 Å². The third-order valence-electron chi connectivity index (χ3n) is 4.30. The van der Waals surface area contributed by atoms with Crippen molar-refractivity contribution in [2.75, 3.05) is 11.4 Å². The average Bonchev–Trinajstić information content (AvgIpc) is 3.04. The number of amides is 2. The fourth-order valence-corrected chi connectivity index (χ4v) is 3.58. The number of anilines is 1. The zero-order valence-corrected chi connectivity index (χ0v) is 12.7. The third kappa shape index (κ3) is 1.92. The van der Waals surface area contributed by atoms with Gasteiger partial charge in [-0.25, -0.2) is 4.79 Å². The molecule has 0 N–H and O–H groups in total. The van der Waals surface area contributed by atoms with Crippen LogP contribution in [0.25, 0.3) is 0 Å². The minimum Gasteiger partial charge on any atom is -0.316 e. The van der Waals surface area contributed by atoms with Gasteiger partial charge in [0.25, 0.3) is 0 Å². The van der Waals surface area contributed by atoms with E-state index in [1.807, 2.05) is 11.8 Å². The molecule has 2 aliphatic heterocycles. The number of urea groups is 1. The number of rotatable bonds is 2. The average molecular weight is 302 g/mol. The van der Waals surface area contributed by atoms with E-state index < -0.39 is 0 Å². The molecule has 0 bridgehead atoms. The number of halogens is 1. The predicted molar refractivity (Wildman–Crippen MR) is 82.3 cm³/mol. The molecule has 0 radical (unpaired) electrons. The molecule has 0 aromatic heterocycles. The van der Waals surface area contributed by atoms with Crippen LogP contribution in [-0.2, 0) is 6.42 Å². The van der Waals surface area contributed by atoms with Crippen LogP contribution < -0.4 is 4.90 Å². The molecule has 21 heavy (non-hydrogen) atoms. The molecule has 0 saturated carbocycles. The molecule has 2 saturated heterocycles. The highest BCUT2D eigenvalue weighted by molar-refractivity contribution is 6.33. The van der Waals surface area contributed by atoms with Crippen LogP contribution in [0.3, 0.4) is 0 Å². The van der Waals surface area contributed by atoms with E-state index in [-0.39, 0.29) is 12.1 Å². The Balaban J connectivity index is 2.09. The molecule has 4 nitrogen and oxygen atoms in total. The number of nitrogens with zero attached hydrogens (tertiary/aromatic N) is 3. The Morgan fingerprint density at radius 3 is 2.90 bits per heavy atom. The standard InChI is InChI=1S/C16H16ClN3O/c1-3-12-14(7-6-11(9-18)15(12)17)20-10(2)13-5-4-8-19(13)16(20)21/h6-7,13H,2-5,8H2,1H3. The SMILES string of the molecule is C=C1C2CCCN2C(=O)N1c1ccc(C#N)c(Cl)c1CC. The predicted octanol–water partition coefficient (Wildman–Crippen LogP) is 3.69. The second-order valence-corrected chi connectivity index (χ2v) is 5.73. The number of fused-ring (bicyclic) bond motifs is 1. The van der Waals surface area contributed by atoms with Crippen LogP contribution >= 0.6 is 11.6 Å². The second kappa shape index (κ2) is 5.09. The molecule has 3 rings (SSSR count). The molecule has 1 atom stereocenters. The molecule has 2 aliphatic rings. The fraction of sp³-hybridized carbons (Fsp3) is 0.375. The molecular formula is C16H16ClN3O. The topological polar surface area (TPSA) is 47.3 Å². The summed E-state index contributed by atoms with van der Waals surface area (Å²) in [5, 5.41) is 9.52. The quantitative estimate of drug-likeness (QED) is 0.836. The number of hydrogen-bond donors (Lipinski definition) is 0. The molecule has 2 heterocycles. The van der Waals surface area contributed by atoms with Gasteiger partial charge in [-0.2, -0.15) is 5.26 Å². The van der Waals surface area contributed by atoms with Crippen molar-refractivity contribution in [3.63, 3.8) is 0 Å². The van der Waals surface area contributed by atoms with Gasteiger partial charge in [0.1, 0.15) is 6.07 Å². The first-order chi connectivity index (χ1) is 10.1. The lowest BCUT2D eigenvalue weighted by molar-refractivity contribution is 0.220. The highest BCUT2D eigenvalue weighted by Gasteiger charge is 2.44. The van der Waals surface area contributed by atoms with Crippen LogP contribution in [0.15, 0.2) is 24.4 Å².